The molecule has 2 rings (SSSR count). The number of rotatable bonds is 6. The molecular formula is C17H24N2O5S. The van der Waals surface area contributed by atoms with Crippen molar-refractivity contribution in [2.75, 3.05) is 30.2 Å². The van der Waals surface area contributed by atoms with Crippen molar-refractivity contribution in [3.05, 3.63) is 29.3 Å². The van der Waals surface area contributed by atoms with Crippen molar-refractivity contribution in [2.45, 2.75) is 26.7 Å². The minimum atomic E-state index is -3.36. The number of anilines is 1. The first kappa shape index (κ1) is 19.2. The van der Waals surface area contributed by atoms with E-state index in [0.717, 1.165) is 5.56 Å². The minimum absolute atomic E-state index is 0.140. The molecule has 1 amide bonds. The van der Waals surface area contributed by atoms with Crippen LogP contribution in [0.4, 0.5) is 5.69 Å². The number of carboxylic acids is 1. The zero-order valence-corrected chi connectivity index (χ0v) is 15.5. The molecule has 0 fully saturated rings. The van der Waals surface area contributed by atoms with Crippen molar-refractivity contribution in [2.24, 2.45) is 5.92 Å². The Balaban J connectivity index is 2.34. The van der Waals surface area contributed by atoms with E-state index in [1.54, 1.807) is 18.2 Å². The highest BCUT2D eigenvalue weighted by Gasteiger charge is 2.26. The monoisotopic (exact) mass is 368 g/mol. The number of nitrogens with zero attached hydrogens (tertiary/aromatic N) is 2. The summed E-state index contributed by atoms with van der Waals surface area (Å²) in [5.74, 6) is -1.27. The maximum Gasteiger partial charge on any atom is 0.323 e. The van der Waals surface area contributed by atoms with Gasteiger partial charge < -0.3 is 10.0 Å². The van der Waals surface area contributed by atoms with Gasteiger partial charge in [0.05, 0.1) is 11.9 Å². The second kappa shape index (κ2) is 7.43. The van der Waals surface area contributed by atoms with E-state index in [1.807, 2.05) is 13.8 Å². The van der Waals surface area contributed by atoms with Gasteiger partial charge in [-0.1, -0.05) is 13.8 Å². The third-order valence-corrected chi connectivity index (χ3v) is 5.18. The molecule has 0 unspecified atom stereocenters. The van der Waals surface area contributed by atoms with Gasteiger partial charge in [0.15, 0.2) is 0 Å². The number of fused-ring (bicyclic) bond motifs is 1. The summed E-state index contributed by atoms with van der Waals surface area (Å²) in [6.07, 6.45) is 2.53. The molecule has 0 bridgehead atoms. The Hall–Kier alpha value is -2.09. The van der Waals surface area contributed by atoms with E-state index in [-0.39, 0.29) is 18.4 Å². The number of aliphatic carboxylic acids is 1. The molecule has 0 spiro atoms. The number of aryl methyl sites for hydroxylation is 1. The van der Waals surface area contributed by atoms with Gasteiger partial charge in [-0.2, -0.15) is 0 Å². The second-order valence-electron chi connectivity index (χ2n) is 6.76. The number of carbonyl (C=O) groups excluding carboxylic acids is 1. The summed E-state index contributed by atoms with van der Waals surface area (Å²) < 4.78 is 25.2. The van der Waals surface area contributed by atoms with Crippen LogP contribution < -0.4 is 4.31 Å². The molecule has 7 nitrogen and oxygen atoms in total. The molecule has 1 N–H and O–H groups in total. The average molecular weight is 368 g/mol. The number of benzene rings is 1. The van der Waals surface area contributed by atoms with Crippen LogP contribution in [0, 0.1) is 5.92 Å². The van der Waals surface area contributed by atoms with Crippen LogP contribution in [0.5, 0.6) is 0 Å². The highest BCUT2D eigenvalue weighted by molar-refractivity contribution is 7.92. The maximum atomic E-state index is 12.7. The fraction of sp³-hybridized carbons (Fsp3) is 0.529. The molecule has 25 heavy (non-hydrogen) atoms. The van der Waals surface area contributed by atoms with Crippen LogP contribution in [0.25, 0.3) is 0 Å². The lowest BCUT2D eigenvalue weighted by atomic mass is 10.00. The number of hydrogen-bond acceptors (Lipinski definition) is 4. The topological polar surface area (TPSA) is 95.0 Å². The van der Waals surface area contributed by atoms with Gasteiger partial charge >= 0.3 is 5.97 Å². The standard InChI is InChI=1S/C17H24N2O5S/c1-12(2)10-18(11-16(20)21)17(22)14-6-7-15-13(9-14)5-4-8-19(15)25(3,23)24/h6-7,9,12H,4-5,8,10-11H2,1-3H3,(H,20,21). The molecule has 8 heteroatoms. The molecule has 0 saturated carbocycles. The molecule has 0 aromatic heterocycles. The third-order valence-electron chi connectivity index (χ3n) is 4.00. The second-order valence-corrected chi connectivity index (χ2v) is 8.66. The van der Waals surface area contributed by atoms with Crippen molar-refractivity contribution in [3.63, 3.8) is 0 Å². The van der Waals surface area contributed by atoms with Crippen LogP contribution >= 0.6 is 0 Å². The van der Waals surface area contributed by atoms with Gasteiger partial charge in [0.25, 0.3) is 5.91 Å². The number of amides is 1. The van der Waals surface area contributed by atoms with Crippen molar-refractivity contribution in [3.8, 4) is 0 Å². The van der Waals surface area contributed by atoms with Gasteiger partial charge in [0.2, 0.25) is 10.0 Å². The number of carboxylic acid groups (broad SMARTS) is 1. The predicted octanol–water partition coefficient (Wildman–Crippen LogP) is 1.58. The lowest BCUT2D eigenvalue weighted by molar-refractivity contribution is -0.137. The molecule has 138 valence electrons. The fourth-order valence-corrected chi connectivity index (χ4v) is 4.04. The Morgan fingerprint density at radius 1 is 1.32 bits per heavy atom. The van der Waals surface area contributed by atoms with Crippen molar-refractivity contribution < 1.29 is 23.1 Å². The van der Waals surface area contributed by atoms with Crippen LogP contribution in [0.1, 0.15) is 36.2 Å². The Bertz CT molecular complexity index is 773. The van der Waals surface area contributed by atoms with Crippen molar-refractivity contribution >= 4 is 27.6 Å². The van der Waals surface area contributed by atoms with E-state index in [4.69, 9.17) is 5.11 Å². The van der Waals surface area contributed by atoms with Crippen LogP contribution in [0.15, 0.2) is 18.2 Å². The lowest BCUT2D eigenvalue weighted by Gasteiger charge is -2.30. The molecule has 1 aliphatic rings. The summed E-state index contributed by atoms with van der Waals surface area (Å²) in [6.45, 7) is 4.25. The van der Waals surface area contributed by atoms with Crippen LogP contribution in [-0.4, -0.2) is 56.2 Å². The zero-order chi connectivity index (χ0) is 18.8. The molecular weight excluding hydrogens is 344 g/mol. The Labute approximate surface area is 148 Å². The molecule has 0 saturated heterocycles. The third kappa shape index (κ3) is 4.72. The fourth-order valence-electron chi connectivity index (χ4n) is 3.05. The molecule has 0 atom stereocenters. The first-order valence-electron chi connectivity index (χ1n) is 8.21. The van der Waals surface area contributed by atoms with Gasteiger partial charge in [-0.05, 0) is 42.5 Å². The Morgan fingerprint density at radius 3 is 2.56 bits per heavy atom. The largest absolute Gasteiger partial charge is 0.480 e. The Morgan fingerprint density at radius 2 is 2.00 bits per heavy atom. The molecule has 0 aliphatic carbocycles. The summed E-state index contributed by atoms with van der Waals surface area (Å²) >= 11 is 0. The first-order valence-corrected chi connectivity index (χ1v) is 10.1. The van der Waals surface area contributed by atoms with E-state index >= 15 is 0 Å². The SMILES string of the molecule is CC(C)CN(CC(=O)O)C(=O)c1ccc2c(c1)CCCN2S(C)(=O)=O. The van der Waals surface area contributed by atoms with E-state index in [1.165, 1.54) is 15.5 Å². The lowest BCUT2D eigenvalue weighted by Crippen LogP contribution is -2.38. The van der Waals surface area contributed by atoms with Crippen molar-refractivity contribution in [1.29, 1.82) is 0 Å². The minimum Gasteiger partial charge on any atom is -0.480 e. The number of carbonyl (C=O) groups is 2. The zero-order valence-electron chi connectivity index (χ0n) is 14.7. The molecule has 1 aromatic rings. The van der Waals surface area contributed by atoms with Gasteiger partial charge in [-0.3, -0.25) is 13.9 Å². The summed E-state index contributed by atoms with van der Waals surface area (Å²) in [5, 5.41) is 9.04. The molecule has 0 radical (unpaired) electrons. The predicted molar refractivity (Wildman–Crippen MR) is 95.3 cm³/mol. The smallest absolute Gasteiger partial charge is 0.323 e. The van der Waals surface area contributed by atoms with Gasteiger partial charge in [-0.25, -0.2) is 8.42 Å². The van der Waals surface area contributed by atoms with Crippen molar-refractivity contribution in [1.82, 2.24) is 4.90 Å². The van der Waals surface area contributed by atoms with E-state index in [2.05, 4.69) is 0 Å². The van der Waals surface area contributed by atoms with Crippen LogP contribution in [-0.2, 0) is 21.2 Å². The van der Waals surface area contributed by atoms with Crippen LogP contribution in [0.3, 0.4) is 0 Å². The van der Waals surface area contributed by atoms with E-state index in [9.17, 15) is 18.0 Å². The van der Waals surface area contributed by atoms with Gasteiger partial charge in [0.1, 0.15) is 6.54 Å². The number of hydrogen-bond donors (Lipinski definition) is 1. The summed E-state index contributed by atoms with van der Waals surface area (Å²) in [7, 11) is -3.36. The molecule has 1 heterocycles. The molecule has 1 aliphatic heterocycles. The highest BCUT2D eigenvalue weighted by atomic mass is 32.2. The van der Waals surface area contributed by atoms with E-state index in [0.29, 0.717) is 37.2 Å². The Kier molecular flexibility index (Phi) is 5.72. The first-order chi connectivity index (χ1) is 11.6. The highest BCUT2D eigenvalue weighted by Crippen LogP contribution is 2.30. The van der Waals surface area contributed by atoms with Gasteiger partial charge in [-0.15, -0.1) is 0 Å². The summed E-state index contributed by atoms with van der Waals surface area (Å²) in [6, 6.07) is 4.89. The maximum absolute atomic E-state index is 12.7. The van der Waals surface area contributed by atoms with E-state index < -0.39 is 16.0 Å². The summed E-state index contributed by atoms with van der Waals surface area (Å²) in [4.78, 5) is 25.1. The number of sulfonamides is 1. The summed E-state index contributed by atoms with van der Waals surface area (Å²) in [5.41, 5.74) is 1.78. The average Bonchev–Trinajstić information content (AvgIpc) is 2.50. The van der Waals surface area contributed by atoms with Crippen LogP contribution in [0.2, 0.25) is 0 Å². The van der Waals surface area contributed by atoms with Gasteiger partial charge in [0, 0.05) is 18.7 Å². The molecule has 1 aromatic carbocycles. The normalized spacial score (nSPS) is 14.3. The quantitative estimate of drug-likeness (QED) is 0.823.